The SMILES string of the molecule is CC(NP(C)(=O)Oc1ccccc1)C(=O)OCc1ccccc1. The van der Waals surface area contributed by atoms with Crippen LogP contribution in [0.3, 0.4) is 0 Å². The topological polar surface area (TPSA) is 64.6 Å². The summed E-state index contributed by atoms with van der Waals surface area (Å²) in [5, 5.41) is 2.70. The highest BCUT2D eigenvalue weighted by Crippen LogP contribution is 2.39. The second-order valence-electron chi connectivity index (χ2n) is 5.19. The van der Waals surface area contributed by atoms with E-state index in [1.54, 1.807) is 31.2 Å². The molecule has 0 spiro atoms. The minimum absolute atomic E-state index is 0.180. The van der Waals surface area contributed by atoms with Gasteiger partial charge in [0.25, 0.3) is 0 Å². The molecule has 1 N–H and O–H groups in total. The molecule has 0 aromatic heterocycles. The van der Waals surface area contributed by atoms with E-state index in [-0.39, 0.29) is 6.61 Å². The van der Waals surface area contributed by atoms with Crippen molar-refractivity contribution < 1.29 is 18.6 Å². The zero-order valence-electron chi connectivity index (χ0n) is 13.1. The summed E-state index contributed by atoms with van der Waals surface area (Å²) in [6, 6.07) is 17.5. The fraction of sp³-hybridized carbons (Fsp3) is 0.235. The second-order valence-corrected chi connectivity index (χ2v) is 7.33. The normalized spacial score (nSPS) is 14.5. The first-order chi connectivity index (χ1) is 11.0. The van der Waals surface area contributed by atoms with Crippen molar-refractivity contribution in [3.8, 4) is 5.75 Å². The molecule has 0 aliphatic heterocycles. The first kappa shape index (κ1) is 17.3. The van der Waals surface area contributed by atoms with Crippen LogP contribution >= 0.6 is 7.52 Å². The molecule has 122 valence electrons. The van der Waals surface area contributed by atoms with Gasteiger partial charge in [-0.15, -0.1) is 0 Å². The molecule has 23 heavy (non-hydrogen) atoms. The summed E-state index contributed by atoms with van der Waals surface area (Å²) in [4.78, 5) is 12.0. The van der Waals surface area contributed by atoms with E-state index in [1.807, 2.05) is 36.4 Å². The lowest BCUT2D eigenvalue weighted by Crippen LogP contribution is -2.34. The van der Waals surface area contributed by atoms with Crippen molar-refractivity contribution in [1.29, 1.82) is 0 Å². The summed E-state index contributed by atoms with van der Waals surface area (Å²) >= 11 is 0. The van der Waals surface area contributed by atoms with E-state index in [4.69, 9.17) is 9.26 Å². The van der Waals surface area contributed by atoms with E-state index in [0.29, 0.717) is 5.75 Å². The van der Waals surface area contributed by atoms with Crippen LogP contribution in [0.15, 0.2) is 60.7 Å². The van der Waals surface area contributed by atoms with Gasteiger partial charge in [0.05, 0.1) is 0 Å². The van der Waals surface area contributed by atoms with Crippen LogP contribution < -0.4 is 9.61 Å². The molecule has 2 atom stereocenters. The van der Waals surface area contributed by atoms with Crippen molar-refractivity contribution in [2.45, 2.75) is 19.6 Å². The fourth-order valence-corrected chi connectivity index (χ4v) is 3.35. The molecule has 2 aromatic carbocycles. The number of benzene rings is 2. The highest BCUT2D eigenvalue weighted by molar-refractivity contribution is 7.56. The number of para-hydroxylation sites is 1. The molecule has 0 aliphatic carbocycles. The van der Waals surface area contributed by atoms with Gasteiger partial charge in [0.1, 0.15) is 18.4 Å². The van der Waals surface area contributed by atoms with Gasteiger partial charge < -0.3 is 9.26 Å². The van der Waals surface area contributed by atoms with E-state index < -0.39 is 19.5 Å². The molecule has 0 amide bonds. The number of esters is 1. The molecule has 0 heterocycles. The minimum atomic E-state index is -3.17. The molecular formula is C17H20NO4P. The Balaban J connectivity index is 1.86. The van der Waals surface area contributed by atoms with Crippen molar-refractivity contribution in [3.63, 3.8) is 0 Å². The van der Waals surface area contributed by atoms with Crippen LogP contribution in [0.5, 0.6) is 5.75 Å². The largest absolute Gasteiger partial charge is 0.460 e. The van der Waals surface area contributed by atoms with Crippen LogP contribution in [0, 0.1) is 0 Å². The highest BCUT2D eigenvalue weighted by Gasteiger charge is 2.25. The van der Waals surface area contributed by atoms with Crippen LogP contribution in [-0.2, 0) is 20.7 Å². The number of carbonyl (C=O) groups excluding carboxylic acids is 1. The smallest absolute Gasteiger partial charge is 0.323 e. The number of hydrogen-bond acceptors (Lipinski definition) is 4. The van der Waals surface area contributed by atoms with E-state index in [9.17, 15) is 9.36 Å². The first-order valence-electron chi connectivity index (χ1n) is 7.27. The molecule has 2 unspecified atom stereocenters. The van der Waals surface area contributed by atoms with Crippen LogP contribution in [0.25, 0.3) is 0 Å². The maximum Gasteiger partial charge on any atom is 0.323 e. The summed E-state index contributed by atoms with van der Waals surface area (Å²) in [5.74, 6) is 0.00303. The predicted molar refractivity (Wildman–Crippen MR) is 89.4 cm³/mol. The highest BCUT2D eigenvalue weighted by atomic mass is 31.2. The molecule has 0 aliphatic rings. The molecule has 0 bridgehead atoms. The Morgan fingerprint density at radius 2 is 1.65 bits per heavy atom. The number of ether oxygens (including phenoxy) is 1. The van der Waals surface area contributed by atoms with Gasteiger partial charge in [-0.25, -0.2) is 5.09 Å². The Morgan fingerprint density at radius 1 is 1.09 bits per heavy atom. The summed E-state index contributed by atoms with van der Waals surface area (Å²) in [5.41, 5.74) is 0.897. The summed E-state index contributed by atoms with van der Waals surface area (Å²) in [7, 11) is -3.17. The van der Waals surface area contributed by atoms with Crippen LogP contribution in [0.1, 0.15) is 12.5 Å². The van der Waals surface area contributed by atoms with E-state index in [2.05, 4.69) is 5.09 Å². The average Bonchev–Trinajstić information content (AvgIpc) is 2.53. The van der Waals surface area contributed by atoms with Crippen molar-refractivity contribution in [3.05, 3.63) is 66.2 Å². The Hall–Kier alpha value is -2.10. The van der Waals surface area contributed by atoms with Crippen molar-refractivity contribution in [2.24, 2.45) is 0 Å². The molecule has 0 saturated carbocycles. The summed E-state index contributed by atoms with van der Waals surface area (Å²) in [6.45, 7) is 3.21. The molecular weight excluding hydrogens is 313 g/mol. The van der Waals surface area contributed by atoms with Crippen LogP contribution in [-0.4, -0.2) is 18.7 Å². The second kappa shape index (κ2) is 7.95. The lowest BCUT2D eigenvalue weighted by molar-refractivity contribution is -0.146. The third-order valence-electron chi connectivity index (χ3n) is 3.03. The van der Waals surface area contributed by atoms with Crippen molar-refractivity contribution in [2.75, 3.05) is 6.66 Å². The Morgan fingerprint density at radius 3 is 2.26 bits per heavy atom. The zero-order chi connectivity index (χ0) is 16.7. The van der Waals surface area contributed by atoms with Gasteiger partial charge in [-0.2, -0.15) is 0 Å². The maximum absolute atomic E-state index is 12.4. The zero-order valence-corrected chi connectivity index (χ0v) is 14.0. The third-order valence-corrected chi connectivity index (χ3v) is 4.44. The molecule has 0 saturated heterocycles. The van der Waals surface area contributed by atoms with Gasteiger partial charge in [0.2, 0.25) is 0 Å². The van der Waals surface area contributed by atoms with Gasteiger partial charge in [0, 0.05) is 6.66 Å². The minimum Gasteiger partial charge on any atom is -0.460 e. The Kier molecular flexibility index (Phi) is 5.97. The molecule has 6 heteroatoms. The Labute approximate surface area is 136 Å². The molecule has 0 radical (unpaired) electrons. The quantitative estimate of drug-likeness (QED) is 0.619. The van der Waals surface area contributed by atoms with Gasteiger partial charge in [-0.3, -0.25) is 9.36 Å². The number of nitrogens with one attached hydrogen (secondary N) is 1. The average molecular weight is 333 g/mol. The van der Waals surface area contributed by atoms with Crippen LogP contribution in [0.4, 0.5) is 0 Å². The van der Waals surface area contributed by atoms with Crippen molar-refractivity contribution in [1.82, 2.24) is 5.09 Å². The van der Waals surface area contributed by atoms with Crippen molar-refractivity contribution >= 4 is 13.5 Å². The molecule has 2 rings (SSSR count). The van der Waals surface area contributed by atoms with Gasteiger partial charge in [-0.05, 0) is 24.6 Å². The lowest BCUT2D eigenvalue weighted by Gasteiger charge is -2.20. The predicted octanol–water partition coefficient (Wildman–Crippen LogP) is 3.61. The maximum atomic E-state index is 12.4. The monoisotopic (exact) mass is 333 g/mol. The van der Waals surface area contributed by atoms with Crippen LogP contribution in [0.2, 0.25) is 0 Å². The summed E-state index contributed by atoms with van der Waals surface area (Å²) in [6.07, 6.45) is 0. The number of rotatable bonds is 7. The van der Waals surface area contributed by atoms with E-state index in [0.717, 1.165) is 5.56 Å². The van der Waals surface area contributed by atoms with E-state index >= 15 is 0 Å². The van der Waals surface area contributed by atoms with Gasteiger partial charge in [-0.1, -0.05) is 48.5 Å². The standard InChI is InChI=1S/C17H20NO4P/c1-14(17(19)21-13-15-9-5-3-6-10-15)18-23(2,20)22-16-11-7-4-8-12-16/h3-12,14H,13H2,1-2H3,(H,18,20). The molecule has 5 nitrogen and oxygen atoms in total. The lowest BCUT2D eigenvalue weighted by atomic mass is 10.2. The van der Waals surface area contributed by atoms with Gasteiger partial charge >= 0.3 is 13.5 Å². The third kappa shape index (κ3) is 5.89. The summed E-state index contributed by atoms with van der Waals surface area (Å²) < 4.78 is 23.1. The van der Waals surface area contributed by atoms with Gasteiger partial charge in [0.15, 0.2) is 0 Å². The van der Waals surface area contributed by atoms with E-state index in [1.165, 1.54) is 6.66 Å². The number of carbonyl (C=O) groups is 1. The molecule has 0 fully saturated rings. The number of hydrogen-bond donors (Lipinski definition) is 1. The molecule has 2 aromatic rings. The first-order valence-corrected chi connectivity index (χ1v) is 9.34. The Bertz CT molecular complexity index is 676. The fourth-order valence-electron chi connectivity index (χ4n) is 1.97.